The summed E-state index contributed by atoms with van der Waals surface area (Å²) in [4.78, 5) is 10.5. The minimum absolute atomic E-state index is 0.384. The SMILES string of the molecule is CCCCCCCCc1ccc2c3c(ccc2c1)OP(=O)(O)Oc1ccc2cc(CCCCCCCC)ccc2c1-3. The van der Waals surface area contributed by atoms with Crippen LogP contribution in [0.2, 0.25) is 0 Å². The molecule has 1 heterocycles. The van der Waals surface area contributed by atoms with Crippen LogP contribution in [0.1, 0.15) is 102 Å². The van der Waals surface area contributed by atoms with Crippen molar-refractivity contribution in [2.24, 2.45) is 0 Å². The van der Waals surface area contributed by atoms with E-state index in [-0.39, 0.29) is 0 Å². The van der Waals surface area contributed by atoms with Crippen LogP contribution in [0.5, 0.6) is 11.5 Å². The maximum Gasteiger partial charge on any atom is 0.584 e. The van der Waals surface area contributed by atoms with Gasteiger partial charge in [-0.05, 0) is 70.5 Å². The lowest BCUT2D eigenvalue weighted by atomic mass is 9.90. The number of phosphoric ester groups is 1. The molecule has 0 unspecified atom stereocenters. The van der Waals surface area contributed by atoms with Crippen molar-refractivity contribution < 1.29 is 18.5 Å². The first-order valence-electron chi connectivity index (χ1n) is 15.8. The van der Waals surface area contributed by atoms with Crippen molar-refractivity contribution >= 4 is 29.4 Å². The number of unbranched alkanes of at least 4 members (excludes halogenated alkanes) is 10. The normalized spacial score (nSPS) is 13.8. The Morgan fingerprint density at radius 1 is 0.561 bits per heavy atom. The third-order valence-corrected chi connectivity index (χ3v) is 9.26. The number of rotatable bonds is 14. The van der Waals surface area contributed by atoms with E-state index >= 15 is 0 Å². The van der Waals surface area contributed by atoms with Crippen LogP contribution in [0.4, 0.5) is 0 Å². The smallest absolute Gasteiger partial charge is 0.395 e. The highest BCUT2D eigenvalue weighted by atomic mass is 31.2. The predicted octanol–water partition coefficient (Wildman–Crippen LogP) is 11.3. The first kappa shape index (κ1) is 29.7. The summed E-state index contributed by atoms with van der Waals surface area (Å²) >= 11 is 0. The molecule has 0 fully saturated rings. The van der Waals surface area contributed by atoms with Gasteiger partial charge in [0, 0.05) is 11.1 Å². The maximum atomic E-state index is 12.9. The third kappa shape index (κ3) is 7.34. The quantitative estimate of drug-likeness (QED) is 0.121. The van der Waals surface area contributed by atoms with Gasteiger partial charge in [-0.2, -0.15) is 0 Å². The van der Waals surface area contributed by atoms with Crippen LogP contribution in [0, 0.1) is 0 Å². The second-order valence-electron chi connectivity index (χ2n) is 11.7. The first-order valence-corrected chi connectivity index (χ1v) is 17.3. The van der Waals surface area contributed by atoms with Gasteiger partial charge in [-0.3, -0.25) is 4.89 Å². The van der Waals surface area contributed by atoms with Crippen LogP contribution in [0.3, 0.4) is 0 Å². The molecule has 0 radical (unpaired) electrons. The van der Waals surface area contributed by atoms with Gasteiger partial charge in [-0.1, -0.05) is 127 Å². The zero-order chi connectivity index (χ0) is 28.7. The van der Waals surface area contributed by atoms with E-state index in [2.05, 4.69) is 50.2 Å². The van der Waals surface area contributed by atoms with Crippen molar-refractivity contribution in [3.05, 3.63) is 71.8 Å². The largest absolute Gasteiger partial charge is 0.584 e. The molecule has 1 N–H and O–H groups in total. The van der Waals surface area contributed by atoms with E-state index in [0.717, 1.165) is 45.5 Å². The second kappa shape index (κ2) is 13.9. The summed E-state index contributed by atoms with van der Waals surface area (Å²) in [5, 5.41) is 4.22. The molecule has 41 heavy (non-hydrogen) atoms. The van der Waals surface area contributed by atoms with Gasteiger partial charge in [-0.15, -0.1) is 0 Å². The summed E-state index contributed by atoms with van der Waals surface area (Å²) in [6, 6.07) is 20.8. The molecule has 0 saturated carbocycles. The first-order chi connectivity index (χ1) is 20.0. The number of hydrogen-bond donors (Lipinski definition) is 1. The summed E-state index contributed by atoms with van der Waals surface area (Å²) in [5.41, 5.74) is 4.29. The Labute approximate surface area is 245 Å². The second-order valence-corrected chi connectivity index (χ2v) is 13.0. The molecular weight excluding hydrogens is 527 g/mol. The zero-order valence-electron chi connectivity index (χ0n) is 24.8. The third-order valence-electron chi connectivity index (χ3n) is 8.41. The molecule has 5 heteroatoms. The number of hydrogen-bond acceptors (Lipinski definition) is 3. The molecule has 4 aromatic carbocycles. The van der Waals surface area contributed by atoms with E-state index in [1.54, 1.807) is 0 Å². The lowest BCUT2D eigenvalue weighted by Crippen LogP contribution is -1.97. The Morgan fingerprint density at radius 2 is 0.976 bits per heavy atom. The van der Waals surface area contributed by atoms with Gasteiger partial charge in [0.05, 0.1) is 0 Å². The average molecular weight is 573 g/mol. The fraction of sp³-hybridized carbons (Fsp3) is 0.444. The van der Waals surface area contributed by atoms with Crippen molar-refractivity contribution in [3.63, 3.8) is 0 Å². The van der Waals surface area contributed by atoms with E-state index in [0.29, 0.717) is 11.5 Å². The standard InChI is InChI=1S/C36H45O4P/c1-3-5-7-9-11-13-15-27-17-21-31-29(25-27)19-23-33-35(31)36-32-22-18-28(16-14-12-10-8-6-4-2)26-30(32)20-24-34(36)40-41(37,38)39-33/h17-26H,3-16H2,1-2H3,(H,37,38). The van der Waals surface area contributed by atoms with Crippen LogP contribution in [0.15, 0.2) is 60.7 Å². The Kier molecular flexibility index (Phi) is 10.1. The maximum absolute atomic E-state index is 12.9. The predicted molar refractivity (Wildman–Crippen MR) is 172 cm³/mol. The van der Waals surface area contributed by atoms with Gasteiger partial charge in [0.2, 0.25) is 0 Å². The van der Waals surface area contributed by atoms with Crippen LogP contribution in [0.25, 0.3) is 32.7 Å². The Hall–Kier alpha value is -2.81. The van der Waals surface area contributed by atoms with Crippen molar-refractivity contribution in [1.82, 2.24) is 0 Å². The van der Waals surface area contributed by atoms with Crippen molar-refractivity contribution in [1.29, 1.82) is 0 Å². The molecule has 4 aromatic rings. The summed E-state index contributed by atoms with van der Waals surface area (Å²) in [6.45, 7) is 4.50. The Bertz CT molecular complexity index is 1410. The minimum Gasteiger partial charge on any atom is -0.395 e. The van der Waals surface area contributed by atoms with E-state index in [1.165, 1.54) is 88.2 Å². The van der Waals surface area contributed by atoms with E-state index in [1.807, 2.05) is 24.3 Å². The van der Waals surface area contributed by atoms with Crippen LogP contribution < -0.4 is 9.05 Å². The fourth-order valence-corrected chi connectivity index (χ4v) is 7.02. The molecule has 5 rings (SSSR count). The van der Waals surface area contributed by atoms with Gasteiger partial charge in [0.15, 0.2) is 0 Å². The molecule has 0 spiro atoms. The lowest BCUT2D eigenvalue weighted by Gasteiger charge is -2.15. The summed E-state index contributed by atoms with van der Waals surface area (Å²) in [6.07, 6.45) is 17.5. The molecule has 1 aliphatic rings. The number of fused-ring (bicyclic) bond motifs is 7. The van der Waals surface area contributed by atoms with Gasteiger partial charge in [0.25, 0.3) is 0 Å². The fourth-order valence-electron chi connectivity index (χ4n) is 6.18. The van der Waals surface area contributed by atoms with Gasteiger partial charge in [-0.25, -0.2) is 4.57 Å². The molecule has 0 atom stereocenters. The van der Waals surface area contributed by atoms with E-state index in [9.17, 15) is 9.46 Å². The lowest BCUT2D eigenvalue weighted by molar-refractivity contribution is 0.294. The van der Waals surface area contributed by atoms with Crippen LogP contribution >= 0.6 is 7.82 Å². The number of benzene rings is 4. The summed E-state index contributed by atoms with van der Waals surface area (Å²) in [5.74, 6) is 0.767. The molecule has 0 saturated heterocycles. The molecular formula is C36H45O4P. The number of phosphoric acid groups is 1. The Balaban J connectivity index is 1.46. The van der Waals surface area contributed by atoms with E-state index in [4.69, 9.17) is 9.05 Å². The molecule has 0 bridgehead atoms. The zero-order valence-corrected chi connectivity index (χ0v) is 25.7. The Morgan fingerprint density at radius 3 is 1.41 bits per heavy atom. The van der Waals surface area contributed by atoms with E-state index < -0.39 is 7.82 Å². The minimum atomic E-state index is -4.32. The molecule has 1 aliphatic heterocycles. The molecule has 218 valence electrons. The van der Waals surface area contributed by atoms with Gasteiger partial charge in [0.1, 0.15) is 11.5 Å². The highest BCUT2D eigenvalue weighted by Crippen LogP contribution is 2.56. The molecule has 4 nitrogen and oxygen atoms in total. The van der Waals surface area contributed by atoms with Crippen molar-refractivity contribution in [2.45, 2.75) is 104 Å². The summed E-state index contributed by atoms with van der Waals surface area (Å²) < 4.78 is 24.2. The van der Waals surface area contributed by atoms with Gasteiger partial charge < -0.3 is 9.05 Å². The topological polar surface area (TPSA) is 55.8 Å². The summed E-state index contributed by atoms with van der Waals surface area (Å²) in [7, 11) is -4.32. The van der Waals surface area contributed by atoms with Crippen molar-refractivity contribution in [3.8, 4) is 22.6 Å². The molecule has 0 amide bonds. The molecule has 0 aliphatic carbocycles. The van der Waals surface area contributed by atoms with Gasteiger partial charge >= 0.3 is 7.82 Å². The van der Waals surface area contributed by atoms with Crippen LogP contribution in [-0.2, 0) is 17.4 Å². The van der Waals surface area contributed by atoms with Crippen LogP contribution in [-0.4, -0.2) is 4.89 Å². The highest BCUT2D eigenvalue weighted by molar-refractivity contribution is 7.48. The number of aryl methyl sites for hydroxylation is 2. The highest BCUT2D eigenvalue weighted by Gasteiger charge is 2.34. The monoisotopic (exact) mass is 572 g/mol. The average Bonchev–Trinajstić information content (AvgIpc) is 3.09. The van der Waals surface area contributed by atoms with Crippen molar-refractivity contribution in [2.75, 3.05) is 0 Å². The molecule has 0 aromatic heterocycles.